The summed E-state index contributed by atoms with van der Waals surface area (Å²) in [5.41, 5.74) is 3.67. The molecule has 0 saturated carbocycles. The van der Waals surface area contributed by atoms with Crippen LogP contribution in [0.15, 0.2) is 65.3 Å². The lowest BCUT2D eigenvalue weighted by molar-refractivity contribution is -0.130. The second-order valence-electron chi connectivity index (χ2n) is 5.27. The quantitative estimate of drug-likeness (QED) is 0.632. The molecule has 3 rings (SSSR count). The Hall–Kier alpha value is -2.68. The lowest BCUT2D eigenvalue weighted by atomic mass is 10.1. The molecule has 0 unspecified atom stereocenters. The van der Waals surface area contributed by atoms with Crippen LogP contribution in [-0.4, -0.2) is 11.9 Å². The highest BCUT2D eigenvalue weighted by atomic mass is 16.6. The van der Waals surface area contributed by atoms with Crippen LogP contribution in [-0.2, 0) is 16.0 Å². The van der Waals surface area contributed by atoms with Gasteiger partial charge in [0.2, 0.25) is 0 Å². The Morgan fingerprint density at radius 1 is 1.00 bits per heavy atom. The van der Waals surface area contributed by atoms with Crippen molar-refractivity contribution in [1.29, 1.82) is 0 Å². The van der Waals surface area contributed by atoms with E-state index in [1.807, 2.05) is 49.4 Å². The maximum Gasteiger partial charge on any atom is 0.363 e. The Balaban J connectivity index is 1.73. The van der Waals surface area contributed by atoms with Gasteiger partial charge in [-0.3, -0.25) is 0 Å². The molecule has 2 aromatic rings. The van der Waals surface area contributed by atoms with Gasteiger partial charge in [-0.2, -0.15) is 0 Å². The van der Waals surface area contributed by atoms with Crippen LogP contribution < -0.4 is 0 Å². The van der Waals surface area contributed by atoms with Gasteiger partial charge in [0.15, 0.2) is 11.6 Å². The Kier molecular flexibility index (Phi) is 4.15. The number of ether oxygens (including phenoxy) is 1. The van der Waals surface area contributed by atoms with Gasteiger partial charge in [-0.1, -0.05) is 54.6 Å². The minimum Gasteiger partial charge on any atom is -0.407 e. The molecule has 0 spiro atoms. The molecular formula is C19H17NO2. The van der Waals surface area contributed by atoms with Crippen LogP contribution in [0.3, 0.4) is 0 Å². The fourth-order valence-corrected chi connectivity index (χ4v) is 2.35. The number of rotatable bonds is 4. The number of nitrogens with zero attached hydrogens (tertiary/aromatic N) is 1. The van der Waals surface area contributed by atoms with Gasteiger partial charge in [0.05, 0.1) is 0 Å². The lowest BCUT2D eigenvalue weighted by Gasteiger charge is -1.99. The summed E-state index contributed by atoms with van der Waals surface area (Å²) in [7, 11) is 0. The molecule has 0 amide bonds. The summed E-state index contributed by atoms with van der Waals surface area (Å²) in [5.74, 6) is 0.125. The van der Waals surface area contributed by atoms with Crippen molar-refractivity contribution >= 4 is 17.9 Å². The number of esters is 1. The van der Waals surface area contributed by atoms with Gasteiger partial charge in [-0.05, 0) is 36.1 Å². The van der Waals surface area contributed by atoms with E-state index in [-0.39, 0.29) is 5.97 Å². The zero-order valence-electron chi connectivity index (χ0n) is 12.5. The minimum atomic E-state index is -0.369. The van der Waals surface area contributed by atoms with Gasteiger partial charge in [-0.15, -0.1) is 0 Å². The Bertz CT molecular complexity index is 745. The third-order valence-corrected chi connectivity index (χ3v) is 3.62. The highest BCUT2D eigenvalue weighted by Gasteiger charge is 2.22. The number of benzene rings is 2. The Morgan fingerprint density at radius 2 is 1.73 bits per heavy atom. The summed E-state index contributed by atoms with van der Waals surface area (Å²) in [5, 5.41) is 0. The Morgan fingerprint density at radius 3 is 2.50 bits per heavy atom. The molecule has 0 atom stereocenters. The van der Waals surface area contributed by atoms with Crippen molar-refractivity contribution in [3.05, 3.63) is 77.0 Å². The molecule has 3 heteroatoms. The zero-order valence-corrected chi connectivity index (χ0v) is 12.5. The molecule has 0 aliphatic carbocycles. The highest BCUT2D eigenvalue weighted by molar-refractivity contribution is 6.07. The molecule has 0 N–H and O–H groups in total. The van der Waals surface area contributed by atoms with Gasteiger partial charge in [-0.25, -0.2) is 9.79 Å². The molecular weight excluding hydrogens is 274 g/mol. The Labute approximate surface area is 130 Å². The van der Waals surface area contributed by atoms with Crippen molar-refractivity contribution < 1.29 is 9.53 Å². The highest BCUT2D eigenvalue weighted by Crippen LogP contribution is 2.19. The molecule has 1 aliphatic heterocycles. The molecule has 2 aromatic carbocycles. The van der Waals surface area contributed by atoms with Crippen LogP contribution in [0.25, 0.3) is 6.08 Å². The number of cyclic esters (lactones) is 1. The van der Waals surface area contributed by atoms with Crippen molar-refractivity contribution in [2.75, 3.05) is 0 Å². The first-order chi connectivity index (χ1) is 10.7. The summed E-state index contributed by atoms with van der Waals surface area (Å²) in [6.45, 7) is 2.01. The number of carbonyl (C=O) groups is 1. The molecule has 0 radical (unpaired) electrons. The summed E-state index contributed by atoms with van der Waals surface area (Å²) >= 11 is 0. The third-order valence-electron chi connectivity index (χ3n) is 3.62. The van der Waals surface area contributed by atoms with E-state index < -0.39 is 0 Å². The van der Waals surface area contributed by atoms with E-state index >= 15 is 0 Å². The van der Waals surface area contributed by atoms with Crippen molar-refractivity contribution in [3.8, 4) is 0 Å². The van der Waals surface area contributed by atoms with Crippen LogP contribution >= 0.6 is 0 Å². The number of aryl methyl sites for hydroxylation is 2. The fourth-order valence-electron chi connectivity index (χ4n) is 2.35. The summed E-state index contributed by atoms with van der Waals surface area (Å²) in [4.78, 5) is 16.2. The molecule has 0 fully saturated rings. The number of hydrogen-bond acceptors (Lipinski definition) is 3. The molecule has 0 aromatic heterocycles. The largest absolute Gasteiger partial charge is 0.407 e. The first-order valence-corrected chi connectivity index (χ1v) is 7.33. The molecule has 1 heterocycles. The predicted molar refractivity (Wildman–Crippen MR) is 87.4 cm³/mol. The predicted octanol–water partition coefficient (Wildman–Crippen LogP) is 3.92. The second kappa shape index (κ2) is 6.39. The second-order valence-corrected chi connectivity index (χ2v) is 5.27. The standard InChI is InChI=1S/C19H17NO2/c1-14-7-5-6-10-16(14)13-17-19(21)22-18(20-17)12-11-15-8-3-2-4-9-15/h2-10,13H,11-12H2,1H3/b17-13-. The molecule has 0 bridgehead atoms. The molecule has 0 saturated heterocycles. The van der Waals surface area contributed by atoms with E-state index in [9.17, 15) is 4.79 Å². The van der Waals surface area contributed by atoms with E-state index in [1.54, 1.807) is 6.08 Å². The van der Waals surface area contributed by atoms with Crippen LogP contribution in [0.1, 0.15) is 23.1 Å². The van der Waals surface area contributed by atoms with E-state index in [1.165, 1.54) is 5.56 Å². The zero-order chi connectivity index (χ0) is 15.4. The average Bonchev–Trinajstić information content (AvgIpc) is 2.89. The van der Waals surface area contributed by atoms with E-state index in [0.717, 1.165) is 17.5 Å². The van der Waals surface area contributed by atoms with E-state index in [4.69, 9.17) is 4.74 Å². The summed E-state index contributed by atoms with van der Waals surface area (Å²) in [6, 6.07) is 18.0. The smallest absolute Gasteiger partial charge is 0.363 e. The maximum atomic E-state index is 11.9. The average molecular weight is 291 g/mol. The summed E-state index contributed by atoms with van der Waals surface area (Å²) in [6.07, 6.45) is 3.22. The van der Waals surface area contributed by atoms with Crippen LogP contribution in [0.5, 0.6) is 0 Å². The van der Waals surface area contributed by atoms with Gasteiger partial charge >= 0.3 is 5.97 Å². The van der Waals surface area contributed by atoms with Crippen LogP contribution in [0.2, 0.25) is 0 Å². The van der Waals surface area contributed by atoms with Crippen molar-refractivity contribution in [2.24, 2.45) is 4.99 Å². The molecule has 1 aliphatic rings. The van der Waals surface area contributed by atoms with Crippen molar-refractivity contribution in [3.63, 3.8) is 0 Å². The van der Waals surface area contributed by atoms with E-state index in [0.29, 0.717) is 18.0 Å². The van der Waals surface area contributed by atoms with Gasteiger partial charge in [0.25, 0.3) is 0 Å². The number of aliphatic imine (C=N–C) groups is 1. The third kappa shape index (κ3) is 3.31. The summed E-state index contributed by atoms with van der Waals surface area (Å²) < 4.78 is 5.25. The van der Waals surface area contributed by atoms with E-state index in [2.05, 4.69) is 17.1 Å². The van der Waals surface area contributed by atoms with Crippen molar-refractivity contribution in [1.82, 2.24) is 0 Å². The molecule has 3 nitrogen and oxygen atoms in total. The van der Waals surface area contributed by atoms with Crippen LogP contribution in [0.4, 0.5) is 0 Å². The molecule has 110 valence electrons. The lowest BCUT2D eigenvalue weighted by Crippen LogP contribution is -2.05. The molecule has 22 heavy (non-hydrogen) atoms. The number of carbonyl (C=O) groups excluding carboxylic acids is 1. The topological polar surface area (TPSA) is 38.7 Å². The van der Waals surface area contributed by atoms with Crippen molar-refractivity contribution in [2.45, 2.75) is 19.8 Å². The minimum absolute atomic E-state index is 0.369. The van der Waals surface area contributed by atoms with Gasteiger partial charge in [0.1, 0.15) is 0 Å². The first kappa shape index (κ1) is 14.3. The SMILES string of the molecule is Cc1ccccc1/C=C1\N=C(CCc2ccccc2)OC1=O. The van der Waals surface area contributed by atoms with Gasteiger partial charge < -0.3 is 4.74 Å². The first-order valence-electron chi connectivity index (χ1n) is 7.33. The van der Waals surface area contributed by atoms with Crippen LogP contribution in [0, 0.1) is 6.92 Å². The maximum absolute atomic E-state index is 11.9. The fraction of sp³-hybridized carbons (Fsp3) is 0.158. The monoisotopic (exact) mass is 291 g/mol. The van der Waals surface area contributed by atoms with Gasteiger partial charge in [0, 0.05) is 6.42 Å². The normalized spacial score (nSPS) is 15.8. The number of hydrogen-bond donors (Lipinski definition) is 0.